The van der Waals surface area contributed by atoms with Crippen LogP contribution in [0.3, 0.4) is 0 Å². The molecule has 0 bridgehead atoms. The molecule has 10 heteroatoms. The van der Waals surface area contributed by atoms with Crippen LogP contribution in [0.5, 0.6) is 0 Å². The molecule has 1 saturated heterocycles. The molecule has 1 aliphatic heterocycles. The van der Waals surface area contributed by atoms with Crippen LogP contribution in [0.2, 0.25) is 0 Å². The van der Waals surface area contributed by atoms with E-state index in [4.69, 9.17) is 23.7 Å². The van der Waals surface area contributed by atoms with Gasteiger partial charge in [0.25, 0.3) is 0 Å². The van der Waals surface area contributed by atoms with Gasteiger partial charge in [0.1, 0.15) is 12.7 Å². The lowest BCUT2D eigenvalue weighted by atomic mass is 9.98. The zero-order valence-corrected chi connectivity index (χ0v) is 13.6. The fourth-order valence-electron chi connectivity index (χ4n) is 2.18. The predicted molar refractivity (Wildman–Crippen MR) is 73.1 cm³/mol. The molecule has 5 unspecified atom stereocenters. The number of carbonyl (C=O) groups excluding carboxylic acids is 4. The SMILES string of the molecule is CC(=O)OCC1OC(F)C(OC(C)=O)C(OC(C)=O)C1OC(C)=O. The number of hydrogen-bond donors (Lipinski definition) is 0. The summed E-state index contributed by atoms with van der Waals surface area (Å²) in [5, 5.41) is 0. The maximum Gasteiger partial charge on any atom is 0.303 e. The number of halogens is 1. The van der Waals surface area contributed by atoms with E-state index in [1.165, 1.54) is 0 Å². The van der Waals surface area contributed by atoms with Crippen molar-refractivity contribution in [3.05, 3.63) is 0 Å². The lowest BCUT2D eigenvalue weighted by Crippen LogP contribution is -2.61. The smallest absolute Gasteiger partial charge is 0.303 e. The van der Waals surface area contributed by atoms with Gasteiger partial charge in [0.15, 0.2) is 18.3 Å². The monoisotopic (exact) mass is 350 g/mol. The molecule has 136 valence electrons. The van der Waals surface area contributed by atoms with Crippen molar-refractivity contribution in [3.8, 4) is 0 Å². The number of carbonyl (C=O) groups is 4. The molecule has 1 heterocycles. The maximum atomic E-state index is 14.2. The minimum absolute atomic E-state index is 0.446. The lowest BCUT2D eigenvalue weighted by Gasteiger charge is -2.41. The molecule has 5 atom stereocenters. The molecular weight excluding hydrogens is 331 g/mol. The normalized spacial score (nSPS) is 29.3. The molecule has 0 aromatic heterocycles. The van der Waals surface area contributed by atoms with Gasteiger partial charge >= 0.3 is 23.9 Å². The second-order valence-corrected chi connectivity index (χ2v) is 5.05. The molecule has 0 radical (unpaired) electrons. The second-order valence-electron chi connectivity index (χ2n) is 5.05. The van der Waals surface area contributed by atoms with Crippen LogP contribution in [0.15, 0.2) is 0 Å². The molecule has 0 spiro atoms. The van der Waals surface area contributed by atoms with Crippen molar-refractivity contribution < 1.29 is 47.3 Å². The standard InChI is InChI=1S/C14H19FO9/c1-6(16)20-5-10-11(21-7(2)17)12(22-8(3)18)13(14(15)24-10)23-9(4)19/h10-14H,5H2,1-4H3. The van der Waals surface area contributed by atoms with Gasteiger partial charge < -0.3 is 23.7 Å². The molecule has 0 aromatic rings. The van der Waals surface area contributed by atoms with Crippen LogP contribution in [0.1, 0.15) is 27.7 Å². The summed E-state index contributed by atoms with van der Waals surface area (Å²) >= 11 is 0. The van der Waals surface area contributed by atoms with Crippen molar-refractivity contribution in [1.29, 1.82) is 0 Å². The van der Waals surface area contributed by atoms with E-state index in [9.17, 15) is 23.6 Å². The summed E-state index contributed by atoms with van der Waals surface area (Å²) in [5.41, 5.74) is 0. The molecule has 0 saturated carbocycles. The first-order chi connectivity index (χ1) is 11.1. The minimum Gasteiger partial charge on any atom is -0.463 e. The van der Waals surface area contributed by atoms with Crippen LogP contribution in [-0.4, -0.2) is 61.3 Å². The van der Waals surface area contributed by atoms with E-state index in [1.807, 2.05) is 0 Å². The van der Waals surface area contributed by atoms with Crippen LogP contribution in [0, 0.1) is 0 Å². The van der Waals surface area contributed by atoms with Crippen molar-refractivity contribution in [1.82, 2.24) is 0 Å². The van der Waals surface area contributed by atoms with Crippen molar-refractivity contribution >= 4 is 23.9 Å². The molecule has 0 amide bonds. The van der Waals surface area contributed by atoms with Crippen molar-refractivity contribution in [2.45, 2.75) is 58.5 Å². The van der Waals surface area contributed by atoms with Gasteiger partial charge in [-0.3, -0.25) is 19.2 Å². The fraction of sp³-hybridized carbons (Fsp3) is 0.714. The van der Waals surface area contributed by atoms with Gasteiger partial charge in [0.2, 0.25) is 6.36 Å². The lowest BCUT2D eigenvalue weighted by molar-refractivity contribution is -0.277. The Hall–Kier alpha value is -2.23. The average Bonchev–Trinajstić information content (AvgIpc) is 2.42. The molecule has 0 aliphatic carbocycles. The third-order valence-electron chi connectivity index (χ3n) is 2.93. The Bertz CT molecular complexity index is 506. The van der Waals surface area contributed by atoms with E-state index in [0.29, 0.717) is 0 Å². The first-order valence-electron chi connectivity index (χ1n) is 7.06. The summed E-state index contributed by atoms with van der Waals surface area (Å²) in [6.07, 6.45) is -7.85. The number of rotatable bonds is 5. The summed E-state index contributed by atoms with van der Waals surface area (Å²) in [5.74, 6) is -3.09. The van der Waals surface area contributed by atoms with Crippen molar-refractivity contribution in [2.75, 3.05) is 6.61 Å². The fourth-order valence-corrected chi connectivity index (χ4v) is 2.18. The Morgan fingerprint density at radius 1 is 0.792 bits per heavy atom. The highest BCUT2D eigenvalue weighted by Crippen LogP contribution is 2.29. The number of esters is 4. The van der Waals surface area contributed by atoms with Gasteiger partial charge in [-0.05, 0) is 0 Å². The van der Waals surface area contributed by atoms with Gasteiger partial charge in [-0.15, -0.1) is 0 Å². The summed E-state index contributed by atoms with van der Waals surface area (Å²) in [4.78, 5) is 44.7. The van der Waals surface area contributed by atoms with Gasteiger partial charge in [-0.2, -0.15) is 0 Å². The van der Waals surface area contributed by atoms with Gasteiger partial charge in [0.05, 0.1) is 0 Å². The quantitative estimate of drug-likeness (QED) is 0.500. The molecule has 0 N–H and O–H groups in total. The zero-order valence-electron chi connectivity index (χ0n) is 13.6. The largest absolute Gasteiger partial charge is 0.463 e. The molecule has 1 rings (SSSR count). The van der Waals surface area contributed by atoms with E-state index in [-0.39, 0.29) is 0 Å². The molecule has 0 aromatic carbocycles. The Kier molecular flexibility index (Phi) is 7.08. The van der Waals surface area contributed by atoms with Gasteiger partial charge in [-0.25, -0.2) is 4.39 Å². The highest BCUT2D eigenvalue weighted by molar-refractivity contribution is 5.68. The first-order valence-corrected chi connectivity index (χ1v) is 7.06. The first kappa shape index (κ1) is 19.8. The second kappa shape index (κ2) is 8.57. The van der Waals surface area contributed by atoms with E-state index < -0.39 is 61.3 Å². The number of hydrogen-bond acceptors (Lipinski definition) is 9. The summed E-state index contributed by atoms with van der Waals surface area (Å²) in [7, 11) is 0. The number of ether oxygens (including phenoxy) is 5. The molecule has 1 aliphatic rings. The maximum absolute atomic E-state index is 14.2. The summed E-state index contributed by atoms with van der Waals surface area (Å²) < 4.78 is 38.7. The molecular formula is C14H19FO9. The van der Waals surface area contributed by atoms with Crippen molar-refractivity contribution in [2.24, 2.45) is 0 Å². The highest BCUT2D eigenvalue weighted by atomic mass is 19.1. The van der Waals surface area contributed by atoms with Crippen LogP contribution >= 0.6 is 0 Å². The highest BCUT2D eigenvalue weighted by Gasteiger charge is 2.52. The third-order valence-corrected chi connectivity index (χ3v) is 2.93. The van der Waals surface area contributed by atoms with Crippen LogP contribution in [0.4, 0.5) is 4.39 Å². The minimum atomic E-state index is -2.18. The Balaban J connectivity index is 3.11. The summed E-state index contributed by atoms with van der Waals surface area (Å²) in [6, 6.07) is 0. The predicted octanol–water partition coefficient (Wildman–Crippen LogP) is 0.0390. The molecule has 9 nitrogen and oxygen atoms in total. The Labute approximate surface area is 137 Å². The third kappa shape index (κ3) is 5.76. The molecule has 1 fully saturated rings. The van der Waals surface area contributed by atoms with E-state index >= 15 is 0 Å². The van der Waals surface area contributed by atoms with E-state index in [0.717, 1.165) is 27.7 Å². The molecule has 24 heavy (non-hydrogen) atoms. The van der Waals surface area contributed by atoms with Crippen LogP contribution in [0.25, 0.3) is 0 Å². The summed E-state index contributed by atoms with van der Waals surface area (Å²) in [6.45, 7) is 3.85. The Morgan fingerprint density at radius 2 is 1.25 bits per heavy atom. The zero-order chi connectivity index (χ0) is 18.4. The van der Waals surface area contributed by atoms with E-state index in [2.05, 4.69) is 0 Å². The topological polar surface area (TPSA) is 114 Å². The number of alkyl halides is 1. The van der Waals surface area contributed by atoms with E-state index in [1.54, 1.807) is 0 Å². The van der Waals surface area contributed by atoms with Crippen molar-refractivity contribution in [3.63, 3.8) is 0 Å². The van der Waals surface area contributed by atoms with Crippen LogP contribution < -0.4 is 0 Å². The average molecular weight is 350 g/mol. The Morgan fingerprint density at radius 3 is 1.71 bits per heavy atom. The van der Waals surface area contributed by atoms with Crippen LogP contribution in [-0.2, 0) is 42.9 Å². The van der Waals surface area contributed by atoms with Gasteiger partial charge in [-0.1, -0.05) is 0 Å². The van der Waals surface area contributed by atoms with Gasteiger partial charge in [0, 0.05) is 27.7 Å².